The lowest BCUT2D eigenvalue weighted by Gasteiger charge is -2.36. The van der Waals surface area contributed by atoms with Gasteiger partial charge in [-0.3, -0.25) is 4.90 Å². The van der Waals surface area contributed by atoms with Gasteiger partial charge in [0.15, 0.2) is 0 Å². The van der Waals surface area contributed by atoms with Crippen molar-refractivity contribution in [3.8, 4) is 11.6 Å². The van der Waals surface area contributed by atoms with Crippen LogP contribution in [0.4, 0.5) is 10.5 Å². The van der Waals surface area contributed by atoms with Crippen molar-refractivity contribution >= 4 is 44.1 Å². The Morgan fingerprint density at radius 3 is 2.57 bits per heavy atom. The van der Waals surface area contributed by atoms with Crippen LogP contribution in [0, 0.1) is 0 Å². The Balaban J connectivity index is 1.02. The van der Waals surface area contributed by atoms with E-state index in [0.717, 1.165) is 75.1 Å². The number of thiophene rings is 1. The van der Waals surface area contributed by atoms with Crippen LogP contribution in [0.2, 0.25) is 0 Å². The minimum Gasteiger partial charge on any atom is -0.494 e. The topological polar surface area (TPSA) is 67.4 Å². The molecule has 1 saturated heterocycles. The summed E-state index contributed by atoms with van der Waals surface area (Å²) in [4.78, 5) is 23.7. The second kappa shape index (κ2) is 15.1. The van der Waals surface area contributed by atoms with Crippen LogP contribution in [-0.2, 0) is 4.74 Å². The largest absolute Gasteiger partial charge is 0.494 e. The van der Waals surface area contributed by atoms with Crippen LogP contribution in [0.25, 0.3) is 21.0 Å². The maximum absolute atomic E-state index is 12.3. The van der Waals surface area contributed by atoms with Crippen LogP contribution in [0.15, 0.2) is 60.0 Å². The average molecular weight is 591 g/mol. The van der Waals surface area contributed by atoms with Gasteiger partial charge in [-0.1, -0.05) is 19.9 Å². The maximum atomic E-state index is 12.3. The van der Waals surface area contributed by atoms with E-state index in [2.05, 4.69) is 44.4 Å². The Morgan fingerprint density at radius 1 is 0.952 bits per heavy atom. The van der Waals surface area contributed by atoms with Gasteiger partial charge < -0.3 is 24.0 Å². The lowest BCUT2D eigenvalue weighted by Crippen LogP contribution is -2.46. The number of rotatable bonds is 14. The van der Waals surface area contributed by atoms with E-state index in [9.17, 15) is 4.79 Å². The zero-order valence-corrected chi connectivity index (χ0v) is 25.6. The lowest BCUT2D eigenvalue weighted by molar-refractivity contribution is 0.0330. The highest BCUT2D eigenvalue weighted by Gasteiger charge is 2.18. The van der Waals surface area contributed by atoms with E-state index >= 15 is 0 Å². The first-order valence-corrected chi connectivity index (χ1v) is 16.0. The third-order valence-corrected chi connectivity index (χ3v) is 8.48. The Bertz CT molecular complexity index is 1430. The maximum Gasteiger partial charge on any atom is 0.412 e. The fourth-order valence-electron chi connectivity index (χ4n) is 5.41. The second-order valence-corrected chi connectivity index (χ2v) is 11.6. The summed E-state index contributed by atoms with van der Waals surface area (Å²) >= 11 is 1.81. The molecule has 0 spiro atoms. The van der Waals surface area contributed by atoms with E-state index in [1.165, 1.54) is 15.8 Å². The number of piperazine rings is 1. The van der Waals surface area contributed by atoms with E-state index in [-0.39, 0.29) is 12.9 Å². The van der Waals surface area contributed by atoms with Gasteiger partial charge >= 0.3 is 6.09 Å². The molecule has 0 N–H and O–H groups in total. The molecule has 42 heavy (non-hydrogen) atoms. The van der Waals surface area contributed by atoms with Crippen LogP contribution in [0.1, 0.15) is 39.5 Å². The number of carbonyl (C=O) groups is 1. The number of nitrogens with zero attached hydrogens (tertiary/aromatic N) is 4. The standard InChI is InChI=1S/C33H42N4O4S/c1-3-15-37(16-4-2)33(38)41-25-40-32-13-11-26-10-12-27(24-29(26)34-32)39-22-6-5-17-35-18-20-36(21-19-35)30-8-7-9-31-28(30)14-23-42-31/h7-14,23-24H,3-6,15-22,25H2,1-2H3. The summed E-state index contributed by atoms with van der Waals surface area (Å²) in [5, 5.41) is 4.56. The van der Waals surface area contributed by atoms with E-state index in [1.54, 1.807) is 11.0 Å². The van der Waals surface area contributed by atoms with Gasteiger partial charge in [-0.25, -0.2) is 9.78 Å². The first-order chi connectivity index (χ1) is 20.6. The molecule has 2 aromatic carbocycles. The summed E-state index contributed by atoms with van der Waals surface area (Å²) in [5.74, 6) is 1.21. The number of anilines is 1. The third-order valence-electron chi connectivity index (χ3n) is 7.60. The number of unbranched alkanes of at least 4 members (excludes halogenated alkanes) is 1. The van der Waals surface area contributed by atoms with Gasteiger partial charge in [0.2, 0.25) is 12.7 Å². The first kappa shape index (κ1) is 29.9. The van der Waals surface area contributed by atoms with Gasteiger partial charge in [-0.15, -0.1) is 11.3 Å². The number of carbonyl (C=O) groups excluding carboxylic acids is 1. The number of hydrogen-bond acceptors (Lipinski definition) is 8. The molecule has 8 nitrogen and oxygen atoms in total. The monoisotopic (exact) mass is 590 g/mol. The van der Waals surface area contributed by atoms with Gasteiger partial charge in [-0.2, -0.15) is 0 Å². The highest BCUT2D eigenvalue weighted by Crippen LogP contribution is 2.31. The summed E-state index contributed by atoms with van der Waals surface area (Å²) in [7, 11) is 0. The first-order valence-electron chi connectivity index (χ1n) is 15.2. The van der Waals surface area contributed by atoms with Crippen LogP contribution in [0.3, 0.4) is 0 Å². The number of ether oxygens (including phenoxy) is 3. The summed E-state index contributed by atoms with van der Waals surface area (Å²) in [5.41, 5.74) is 2.15. The van der Waals surface area contributed by atoms with Gasteiger partial charge in [-0.05, 0) is 74.0 Å². The van der Waals surface area contributed by atoms with Crippen LogP contribution in [0.5, 0.6) is 11.6 Å². The third kappa shape index (κ3) is 7.83. The molecule has 9 heteroatoms. The van der Waals surface area contributed by atoms with Crippen molar-refractivity contribution in [3.63, 3.8) is 0 Å². The molecule has 0 bridgehead atoms. The van der Waals surface area contributed by atoms with E-state index < -0.39 is 0 Å². The van der Waals surface area contributed by atoms with Crippen molar-refractivity contribution in [1.29, 1.82) is 0 Å². The molecule has 0 radical (unpaired) electrons. The number of pyridine rings is 1. The van der Waals surface area contributed by atoms with E-state index in [4.69, 9.17) is 14.2 Å². The molecule has 1 aliphatic heterocycles. The molecule has 1 amide bonds. The predicted molar refractivity (Wildman–Crippen MR) is 171 cm³/mol. The van der Waals surface area contributed by atoms with E-state index in [0.29, 0.717) is 25.6 Å². The molecule has 3 heterocycles. The Kier molecular flexibility index (Phi) is 10.7. The average Bonchev–Trinajstić information content (AvgIpc) is 3.50. The normalized spacial score (nSPS) is 13.9. The fraction of sp³-hybridized carbons (Fsp3) is 0.455. The molecule has 0 aliphatic carbocycles. The Morgan fingerprint density at radius 2 is 1.76 bits per heavy atom. The van der Waals surface area contributed by atoms with Crippen LogP contribution >= 0.6 is 11.3 Å². The molecule has 0 atom stereocenters. The second-order valence-electron chi connectivity index (χ2n) is 10.7. The molecule has 4 aromatic rings. The van der Waals surface area contributed by atoms with Crippen molar-refractivity contribution in [3.05, 3.63) is 60.0 Å². The quantitative estimate of drug-likeness (QED) is 0.115. The number of amides is 1. The van der Waals surface area contributed by atoms with Gasteiger partial charge in [0.25, 0.3) is 0 Å². The lowest BCUT2D eigenvalue weighted by atomic mass is 10.2. The van der Waals surface area contributed by atoms with Gasteiger partial charge in [0.05, 0.1) is 12.1 Å². The molecule has 1 aliphatic rings. The van der Waals surface area contributed by atoms with Gasteiger partial charge in [0, 0.05) is 72.6 Å². The van der Waals surface area contributed by atoms with Gasteiger partial charge in [0.1, 0.15) is 5.75 Å². The van der Waals surface area contributed by atoms with E-state index in [1.807, 2.05) is 49.4 Å². The fourth-order valence-corrected chi connectivity index (χ4v) is 6.22. The summed E-state index contributed by atoms with van der Waals surface area (Å²) in [6.07, 6.45) is 3.53. The summed E-state index contributed by atoms with van der Waals surface area (Å²) < 4.78 is 18.3. The molecule has 5 rings (SSSR count). The molecule has 1 fully saturated rings. The van der Waals surface area contributed by atoms with Crippen molar-refractivity contribution in [2.75, 3.05) is 64.1 Å². The molecule has 224 valence electrons. The number of benzene rings is 2. The van der Waals surface area contributed by atoms with Crippen molar-refractivity contribution < 1.29 is 19.0 Å². The molecule has 2 aromatic heterocycles. The highest BCUT2D eigenvalue weighted by molar-refractivity contribution is 7.17. The zero-order valence-electron chi connectivity index (χ0n) is 24.8. The van der Waals surface area contributed by atoms with Crippen LogP contribution in [-0.4, -0.2) is 80.1 Å². The van der Waals surface area contributed by atoms with Crippen molar-refractivity contribution in [2.45, 2.75) is 39.5 Å². The summed E-state index contributed by atoms with van der Waals surface area (Å²) in [6, 6.07) is 18.5. The van der Waals surface area contributed by atoms with Crippen molar-refractivity contribution in [1.82, 2.24) is 14.8 Å². The molecule has 0 saturated carbocycles. The predicted octanol–water partition coefficient (Wildman–Crippen LogP) is 7.03. The Labute approximate surface area is 252 Å². The molecular weight excluding hydrogens is 548 g/mol. The zero-order chi connectivity index (χ0) is 29.1. The number of fused-ring (bicyclic) bond motifs is 2. The number of aromatic nitrogens is 1. The minimum absolute atomic E-state index is 0.169. The molecular formula is C33H42N4O4S. The Hall–Kier alpha value is -3.56. The molecule has 0 unspecified atom stereocenters. The SMILES string of the molecule is CCCN(CCC)C(=O)OCOc1ccc2ccc(OCCCCN3CCN(c4cccc5sccc45)CC3)cc2n1. The minimum atomic E-state index is -0.357. The van der Waals surface area contributed by atoms with Crippen molar-refractivity contribution in [2.24, 2.45) is 0 Å². The smallest absolute Gasteiger partial charge is 0.412 e. The number of hydrogen-bond donors (Lipinski definition) is 0. The summed E-state index contributed by atoms with van der Waals surface area (Å²) in [6.45, 7) is 11.4. The van der Waals surface area contributed by atoms with Crippen LogP contribution < -0.4 is 14.4 Å². The highest BCUT2D eigenvalue weighted by atomic mass is 32.1.